The zero-order valence-electron chi connectivity index (χ0n) is 21.4. The quantitative estimate of drug-likeness (QED) is 0.328. The standard InChI is InChI=1S/C26H45NO7S/c1-16(4-7-23(30)27-12-13-35(32,33)34)19-5-6-20-25(19,3)22(29)15-21-24(2)10-9-18(28)14-17(24)8-11-26(20,21)31/h16-22,28-29,31H,4-15H2,1-3H3,(H,27,30)(H,32,33,34)/t16-,17-,18-,19-,20-,21-,22+,24-,25+,26-/m0/s1. The molecule has 4 fully saturated rings. The van der Waals surface area contributed by atoms with Crippen LogP contribution in [0.1, 0.15) is 85.0 Å². The number of nitrogens with one attached hydrogen (secondary N) is 1. The molecule has 0 unspecified atom stereocenters. The Kier molecular flexibility index (Phi) is 7.43. The molecule has 0 bridgehead atoms. The molecule has 1 amide bonds. The van der Waals surface area contributed by atoms with Crippen LogP contribution in [0.2, 0.25) is 0 Å². The van der Waals surface area contributed by atoms with Crippen LogP contribution in [0.25, 0.3) is 0 Å². The van der Waals surface area contributed by atoms with E-state index in [1.165, 1.54) is 0 Å². The number of hydrogen-bond donors (Lipinski definition) is 5. The molecule has 4 aliphatic carbocycles. The van der Waals surface area contributed by atoms with Crippen LogP contribution in [0.4, 0.5) is 0 Å². The molecule has 0 spiro atoms. The van der Waals surface area contributed by atoms with Gasteiger partial charge in [0.25, 0.3) is 10.1 Å². The SMILES string of the molecule is C[C@@H](CCC(=O)NCCS(=O)(=O)O)[C@@H]1CC[C@@H]2[C@@]3(O)CC[C@H]4C[C@@H](O)CC[C@]4(C)[C@@H]3C[C@@H](O)[C@@]21C. The number of aliphatic hydroxyl groups is 3. The Morgan fingerprint density at radius 3 is 2.46 bits per heavy atom. The zero-order chi connectivity index (χ0) is 25.8. The number of rotatable bonds is 7. The molecule has 8 nitrogen and oxygen atoms in total. The molecule has 4 rings (SSSR count). The first-order chi connectivity index (χ1) is 16.2. The summed E-state index contributed by atoms with van der Waals surface area (Å²) in [4.78, 5) is 12.2. The Hall–Kier alpha value is -0.740. The summed E-state index contributed by atoms with van der Waals surface area (Å²) in [6.45, 7) is 6.44. The predicted octanol–water partition coefficient (Wildman–Crippen LogP) is 2.51. The Balaban J connectivity index is 1.44. The van der Waals surface area contributed by atoms with E-state index in [1.54, 1.807) is 0 Å². The Bertz CT molecular complexity index is 911. The third-order valence-corrected chi connectivity index (χ3v) is 11.8. The van der Waals surface area contributed by atoms with Crippen molar-refractivity contribution in [2.75, 3.05) is 12.3 Å². The minimum Gasteiger partial charge on any atom is -0.393 e. The van der Waals surface area contributed by atoms with Crippen molar-refractivity contribution < 1.29 is 33.1 Å². The van der Waals surface area contributed by atoms with E-state index in [0.717, 1.165) is 44.9 Å². The molecular formula is C26H45NO7S. The Labute approximate surface area is 210 Å². The highest BCUT2D eigenvalue weighted by Gasteiger charge is 2.69. The number of carbonyl (C=O) groups excluding carboxylic acids is 1. The fraction of sp³-hybridized carbons (Fsp3) is 0.962. The molecule has 0 aromatic carbocycles. The number of aliphatic hydroxyl groups excluding tert-OH is 2. The first-order valence-corrected chi connectivity index (χ1v) is 15.1. The van der Waals surface area contributed by atoms with Gasteiger partial charge in [-0.3, -0.25) is 9.35 Å². The molecule has 0 heterocycles. The monoisotopic (exact) mass is 515 g/mol. The summed E-state index contributed by atoms with van der Waals surface area (Å²) in [5.74, 6) is 0.0702. The average molecular weight is 516 g/mol. The molecule has 202 valence electrons. The lowest BCUT2D eigenvalue weighted by Crippen LogP contribution is -2.67. The van der Waals surface area contributed by atoms with Crippen molar-refractivity contribution in [3.8, 4) is 0 Å². The van der Waals surface area contributed by atoms with Gasteiger partial charge in [0.05, 0.1) is 23.6 Å². The molecule has 0 saturated heterocycles. The molecule has 4 saturated carbocycles. The minimum atomic E-state index is -4.10. The van der Waals surface area contributed by atoms with Gasteiger partial charge in [-0.2, -0.15) is 8.42 Å². The lowest BCUT2D eigenvalue weighted by molar-refractivity contribution is -0.254. The fourth-order valence-electron chi connectivity index (χ4n) is 9.18. The van der Waals surface area contributed by atoms with Crippen LogP contribution in [0.5, 0.6) is 0 Å². The number of carbonyl (C=O) groups is 1. The van der Waals surface area contributed by atoms with Crippen LogP contribution in [0.15, 0.2) is 0 Å². The largest absolute Gasteiger partial charge is 0.393 e. The summed E-state index contributed by atoms with van der Waals surface area (Å²) < 4.78 is 30.5. The summed E-state index contributed by atoms with van der Waals surface area (Å²) in [6, 6.07) is 0. The van der Waals surface area contributed by atoms with Gasteiger partial charge in [-0.1, -0.05) is 20.8 Å². The number of hydrogen-bond acceptors (Lipinski definition) is 6. The summed E-state index contributed by atoms with van der Waals surface area (Å²) >= 11 is 0. The molecule has 0 aliphatic heterocycles. The van der Waals surface area contributed by atoms with Crippen LogP contribution in [-0.4, -0.2) is 64.3 Å². The molecule has 4 aliphatic rings. The van der Waals surface area contributed by atoms with E-state index in [9.17, 15) is 28.5 Å². The molecule has 5 N–H and O–H groups in total. The van der Waals surface area contributed by atoms with Crippen LogP contribution < -0.4 is 5.32 Å². The second-order valence-electron chi connectivity index (χ2n) is 12.7. The maximum Gasteiger partial charge on any atom is 0.266 e. The summed E-state index contributed by atoms with van der Waals surface area (Å²) in [7, 11) is -4.10. The summed E-state index contributed by atoms with van der Waals surface area (Å²) in [6.07, 6.45) is 6.61. The van der Waals surface area contributed by atoms with E-state index >= 15 is 0 Å². The zero-order valence-corrected chi connectivity index (χ0v) is 22.3. The van der Waals surface area contributed by atoms with Gasteiger partial charge in [0.1, 0.15) is 0 Å². The Morgan fingerprint density at radius 2 is 1.77 bits per heavy atom. The van der Waals surface area contributed by atoms with Gasteiger partial charge >= 0.3 is 0 Å². The molecule has 0 aromatic heterocycles. The molecule has 0 aromatic rings. The van der Waals surface area contributed by atoms with Crippen LogP contribution in [0, 0.1) is 40.4 Å². The third-order valence-electron chi connectivity index (χ3n) is 11.1. The topological polar surface area (TPSA) is 144 Å². The normalized spacial score (nSPS) is 46.3. The number of fused-ring (bicyclic) bond motifs is 5. The summed E-state index contributed by atoms with van der Waals surface area (Å²) in [5, 5.41) is 36.7. The number of amides is 1. The van der Waals surface area contributed by atoms with Gasteiger partial charge in [0, 0.05) is 18.4 Å². The van der Waals surface area contributed by atoms with Crippen LogP contribution in [-0.2, 0) is 14.9 Å². The highest BCUT2D eigenvalue weighted by Crippen LogP contribution is 2.69. The predicted molar refractivity (Wildman–Crippen MR) is 132 cm³/mol. The van der Waals surface area contributed by atoms with E-state index in [0.29, 0.717) is 18.8 Å². The molecule has 10 atom stereocenters. The lowest BCUT2D eigenvalue weighted by Gasteiger charge is -2.65. The van der Waals surface area contributed by atoms with E-state index < -0.39 is 33.0 Å². The smallest absolute Gasteiger partial charge is 0.266 e. The van der Waals surface area contributed by atoms with Crippen molar-refractivity contribution in [2.45, 2.75) is 103 Å². The minimum absolute atomic E-state index is 0.0180. The van der Waals surface area contributed by atoms with E-state index in [4.69, 9.17) is 4.55 Å². The molecule has 0 radical (unpaired) electrons. The van der Waals surface area contributed by atoms with Gasteiger partial charge in [0.15, 0.2) is 0 Å². The third kappa shape index (κ3) is 4.80. The maximum absolute atomic E-state index is 12.3. The van der Waals surface area contributed by atoms with Crippen molar-refractivity contribution >= 4 is 16.0 Å². The van der Waals surface area contributed by atoms with E-state index in [1.807, 2.05) is 0 Å². The first kappa shape index (κ1) is 27.3. The van der Waals surface area contributed by atoms with Crippen molar-refractivity contribution in [3.63, 3.8) is 0 Å². The van der Waals surface area contributed by atoms with Crippen molar-refractivity contribution in [1.29, 1.82) is 0 Å². The molecule has 35 heavy (non-hydrogen) atoms. The van der Waals surface area contributed by atoms with Crippen molar-refractivity contribution in [1.82, 2.24) is 5.32 Å². The fourth-order valence-corrected chi connectivity index (χ4v) is 9.54. The van der Waals surface area contributed by atoms with Gasteiger partial charge in [0.2, 0.25) is 5.91 Å². The molecule has 9 heteroatoms. The first-order valence-electron chi connectivity index (χ1n) is 13.5. The maximum atomic E-state index is 12.3. The summed E-state index contributed by atoms with van der Waals surface area (Å²) in [5.41, 5.74) is -1.27. The Morgan fingerprint density at radius 1 is 1.06 bits per heavy atom. The second kappa shape index (κ2) is 9.53. The van der Waals surface area contributed by atoms with Crippen LogP contribution >= 0.6 is 0 Å². The lowest BCUT2D eigenvalue weighted by atomic mass is 9.42. The van der Waals surface area contributed by atoms with Crippen molar-refractivity contribution in [2.24, 2.45) is 40.4 Å². The second-order valence-corrected chi connectivity index (χ2v) is 14.3. The highest BCUT2D eigenvalue weighted by molar-refractivity contribution is 7.85. The highest BCUT2D eigenvalue weighted by atomic mass is 32.2. The van der Waals surface area contributed by atoms with Crippen molar-refractivity contribution in [3.05, 3.63) is 0 Å². The van der Waals surface area contributed by atoms with E-state index in [-0.39, 0.29) is 54.1 Å². The van der Waals surface area contributed by atoms with Gasteiger partial charge < -0.3 is 20.6 Å². The van der Waals surface area contributed by atoms with Gasteiger partial charge in [-0.05, 0) is 92.8 Å². The van der Waals surface area contributed by atoms with Crippen LogP contribution in [0.3, 0.4) is 0 Å². The average Bonchev–Trinajstić information content (AvgIpc) is 3.14. The van der Waals surface area contributed by atoms with Gasteiger partial charge in [-0.15, -0.1) is 0 Å². The van der Waals surface area contributed by atoms with E-state index in [2.05, 4.69) is 26.1 Å². The van der Waals surface area contributed by atoms with Gasteiger partial charge in [-0.25, -0.2) is 0 Å². The molecular weight excluding hydrogens is 470 g/mol.